The van der Waals surface area contributed by atoms with Crippen LogP contribution >= 0.6 is 11.6 Å². The summed E-state index contributed by atoms with van der Waals surface area (Å²) in [6, 6.07) is 6.60. The summed E-state index contributed by atoms with van der Waals surface area (Å²) in [7, 11) is 0. The molecule has 2 aromatic rings. The molecule has 1 N–H and O–H groups in total. The first-order chi connectivity index (χ1) is 14.9. The first-order valence-electron chi connectivity index (χ1n) is 9.51. The van der Waals surface area contributed by atoms with Crippen LogP contribution in [0.2, 0.25) is 5.02 Å². The maximum atomic E-state index is 12.8. The largest absolute Gasteiger partial charge is 0.482 e. The second kappa shape index (κ2) is 9.43. The van der Waals surface area contributed by atoms with Crippen molar-refractivity contribution >= 4 is 29.0 Å². The minimum Gasteiger partial charge on any atom is -0.482 e. The zero-order valence-corrected chi connectivity index (χ0v) is 17.2. The molecule has 1 saturated heterocycles. The number of anilines is 2. The number of ether oxygens (including phenoxy) is 1. The van der Waals surface area contributed by atoms with Crippen LogP contribution in [0.5, 0.6) is 5.75 Å². The minimum atomic E-state index is -4.56. The third-order valence-electron chi connectivity index (χ3n) is 4.85. The number of carbonyl (C=O) groups excluding carboxylic acids is 1. The van der Waals surface area contributed by atoms with Crippen molar-refractivity contribution in [3.05, 3.63) is 47.1 Å². The van der Waals surface area contributed by atoms with E-state index in [0.717, 1.165) is 6.07 Å². The van der Waals surface area contributed by atoms with Gasteiger partial charge in [-0.2, -0.15) is 26.3 Å². The lowest BCUT2D eigenvalue weighted by Gasteiger charge is -2.32. The number of piperidine rings is 1. The highest BCUT2D eigenvalue weighted by molar-refractivity contribution is 6.33. The number of hydrogen-bond donors (Lipinski definition) is 1. The lowest BCUT2D eigenvalue weighted by molar-refractivity contribution is -0.153. The Labute approximate surface area is 184 Å². The molecule has 1 fully saturated rings. The lowest BCUT2D eigenvalue weighted by atomic mass is 9.95. The number of halogens is 7. The van der Waals surface area contributed by atoms with Crippen LogP contribution < -0.4 is 15.0 Å². The molecule has 1 aliphatic heterocycles. The number of amides is 1. The molecular formula is C20H18ClF6N3O2. The summed E-state index contributed by atoms with van der Waals surface area (Å²) in [4.78, 5) is 18.1. The quantitative estimate of drug-likeness (QED) is 0.569. The van der Waals surface area contributed by atoms with Crippen molar-refractivity contribution < 1.29 is 35.9 Å². The van der Waals surface area contributed by atoms with Gasteiger partial charge in [-0.15, -0.1) is 0 Å². The van der Waals surface area contributed by atoms with E-state index < -0.39 is 30.4 Å². The Morgan fingerprint density at radius 1 is 1.16 bits per heavy atom. The molecule has 1 aromatic heterocycles. The topological polar surface area (TPSA) is 54.5 Å². The van der Waals surface area contributed by atoms with Gasteiger partial charge in [-0.3, -0.25) is 4.79 Å². The average molecular weight is 482 g/mol. The SMILES string of the molecule is O=C(Nc1ccccc1OCC(F)(F)F)C1CCN(c2ncc(C(F)(F)F)cc2Cl)CC1. The van der Waals surface area contributed by atoms with Crippen molar-refractivity contribution in [3.63, 3.8) is 0 Å². The molecule has 1 amide bonds. The van der Waals surface area contributed by atoms with E-state index in [9.17, 15) is 31.1 Å². The molecule has 12 heteroatoms. The van der Waals surface area contributed by atoms with Gasteiger partial charge < -0.3 is 15.0 Å². The van der Waals surface area contributed by atoms with Gasteiger partial charge in [0.25, 0.3) is 0 Å². The number of nitrogens with zero attached hydrogens (tertiary/aromatic N) is 2. The standard InChI is InChI=1S/C20H18ClF6N3O2/c21-14-9-13(20(25,26)27)10-28-17(14)30-7-5-12(6-8-30)18(31)29-15-3-1-2-4-16(15)32-11-19(22,23)24/h1-4,9-10,12H,5-8,11H2,(H,29,31). The van der Waals surface area contributed by atoms with Crippen molar-refractivity contribution in [1.82, 2.24) is 4.98 Å². The lowest BCUT2D eigenvalue weighted by Crippen LogP contribution is -2.38. The van der Waals surface area contributed by atoms with Gasteiger partial charge in [0, 0.05) is 25.2 Å². The van der Waals surface area contributed by atoms with Gasteiger partial charge in [-0.05, 0) is 31.0 Å². The Bertz CT molecular complexity index is 959. The van der Waals surface area contributed by atoms with Gasteiger partial charge in [0.05, 0.1) is 16.3 Å². The van der Waals surface area contributed by atoms with Crippen LogP contribution in [0.3, 0.4) is 0 Å². The van der Waals surface area contributed by atoms with Gasteiger partial charge >= 0.3 is 12.4 Å². The highest BCUT2D eigenvalue weighted by atomic mass is 35.5. The van der Waals surface area contributed by atoms with E-state index in [-0.39, 0.29) is 28.2 Å². The van der Waals surface area contributed by atoms with Crippen molar-refractivity contribution in [2.75, 3.05) is 29.9 Å². The van der Waals surface area contributed by atoms with E-state index in [4.69, 9.17) is 16.3 Å². The molecule has 1 aromatic carbocycles. The Morgan fingerprint density at radius 3 is 2.41 bits per heavy atom. The van der Waals surface area contributed by atoms with Crippen molar-refractivity contribution in [2.24, 2.45) is 5.92 Å². The Balaban J connectivity index is 1.60. The number of benzene rings is 1. The fourth-order valence-corrected chi connectivity index (χ4v) is 3.55. The van der Waals surface area contributed by atoms with Crippen molar-refractivity contribution in [3.8, 4) is 5.75 Å². The molecule has 0 saturated carbocycles. The van der Waals surface area contributed by atoms with Gasteiger partial charge in [-0.1, -0.05) is 23.7 Å². The monoisotopic (exact) mass is 481 g/mol. The van der Waals surface area contributed by atoms with Crippen LogP contribution in [0.25, 0.3) is 0 Å². The summed E-state index contributed by atoms with van der Waals surface area (Å²) in [6.07, 6.45) is -7.65. The number of hydrogen-bond acceptors (Lipinski definition) is 4. The van der Waals surface area contributed by atoms with Gasteiger partial charge in [0.2, 0.25) is 5.91 Å². The highest BCUT2D eigenvalue weighted by Gasteiger charge is 2.33. The van der Waals surface area contributed by atoms with Crippen molar-refractivity contribution in [1.29, 1.82) is 0 Å². The molecule has 3 rings (SSSR count). The van der Waals surface area contributed by atoms with Gasteiger partial charge in [-0.25, -0.2) is 4.98 Å². The summed E-state index contributed by atoms with van der Waals surface area (Å²) < 4.78 is 80.4. The van der Waals surface area contributed by atoms with Crippen LogP contribution in [0.15, 0.2) is 36.5 Å². The number of pyridine rings is 1. The Hall–Kier alpha value is -2.69. The number of alkyl halides is 6. The number of carbonyl (C=O) groups is 1. The second-order valence-corrected chi connectivity index (χ2v) is 7.58. The number of aromatic nitrogens is 1. The molecular weight excluding hydrogens is 464 g/mol. The first kappa shape index (κ1) is 24.0. The number of para-hydroxylation sites is 2. The molecule has 0 unspecified atom stereocenters. The number of nitrogens with one attached hydrogen (secondary N) is 1. The first-order valence-corrected chi connectivity index (χ1v) is 9.89. The predicted molar refractivity (Wildman–Crippen MR) is 106 cm³/mol. The van der Waals surface area contributed by atoms with Crippen LogP contribution in [0.1, 0.15) is 18.4 Å². The minimum absolute atomic E-state index is 0.101. The fourth-order valence-electron chi connectivity index (χ4n) is 3.26. The van der Waals surface area contributed by atoms with Gasteiger partial charge in [0.15, 0.2) is 6.61 Å². The zero-order chi connectivity index (χ0) is 23.5. The molecule has 2 heterocycles. The highest BCUT2D eigenvalue weighted by Crippen LogP contribution is 2.35. The molecule has 5 nitrogen and oxygen atoms in total. The third kappa shape index (κ3) is 6.18. The van der Waals surface area contributed by atoms with Crippen LogP contribution in [-0.2, 0) is 11.0 Å². The summed E-state index contributed by atoms with van der Waals surface area (Å²) in [5.41, 5.74) is -0.830. The van der Waals surface area contributed by atoms with Crippen LogP contribution in [0, 0.1) is 5.92 Å². The smallest absolute Gasteiger partial charge is 0.422 e. The third-order valence-corrected chi connectivity index (χ3v) is 5.13. The Morgan fingerprint density at radius 2 is 1.81 bits per heavy atom. The average Bonchev–Trinajstić information content (AvgIpc) is 2.72. The second-order valence-electron chi connectivity index (χ2n) is 7.18. The molecule has 0 bridgehead atoms. The fraction of sp³-hybridized carbons (Fsp3) is 0.400. The summed E-state index contributed by atoms with van der Waals surface area (Å²) >= 11 is 5.98. The Kier molecular flexibility index (Phi) is 7.06. The molecule has 0 aliphatic carbocycles. The summed E-state index contributed by atoms with van der Waals surface area (Å²) in [5, 5.41) is 2.45. The van der Waals surface area contributed by atoms with Crippen LogP contribution in [-0.4, -0.2) is 36.8 Å². The van der Waals surface area contributed by atoms with Gasteiger partial charge in [0.1, 0.15) is 11.6 Å². The summed E-state index contributed by atoms with van der Waals surface area (Å²) in [6.45, 7) is -0.843. The van der Waals surface area contributed by atoms with E-state index in [0.29, 0.717) is 32.1 Å². The molecule has 0 spiro atoms. The maximum absolute atomic E-state index is 12.8. The van der Waals surface area contributed by atoms with E-state index in [2.05, 4.69) is 10.3 Å². The maximum Gasteiger partial charge on any atom is 0.422 e. The molecule has 1 aliphatic rings. The molecule has 0 atom stereocenters. The summed E-state index contributed by atoms with van der Waals surface area (Å²) in [5.74, 6) is -0.741. The predicted octanol–water partition coefficient (Wildman–Crippen LogP) is 5.55. The van der Waals surface area contributed by atoms with E-state index in [1.54, 1.807) is 11.0 Å². The van der Waals surface area contributed by atoms with Crippen molar-refractivity contribution in [2.45, 2.75) is 25.2 Å². The van der Waals surface area contributed by atoms with E-state index in [1.807, 2.05) is 0 Å². The molecule has 32 heavy (non-hydrogen) atoms. The normalized spacial score (nSPS) is 15.5. The molecule has 174 valence electrons. The van der Waals surface area contributed by atoms with E-state index in [1.165, 1.54) is 18.2 Å². The van der Waals surface area contributed by atoms with Crippen LogP contribution in [0.4, 0.5) is 37.8 Å². The molecule has 0 radical (unpaired) electrons. The van der Waals surface area contributed by atoms with E-state index >= 15 is 0 Å². The number of rotatable bonds is 5. The zero-order valence-electron chi connectivity index (χ0n) is 16.4.